The summed E-state index contributed by atoms with van der Waals surface area (Å²) in [5.74, 6) is 1.78. The van der Waals surface area contributed by atoms with Gasteiger partial charge in [-0.1, -0.05) is 37.6 Å². The quantitative estimate of drug-likeness (QED) is 0.834. The van der Waals surface area contributed by atoms with Crippen LogP contribution in [0.25, 0.3) is 0 Å². The van der Waals surface area contributed by atoms with Gasteiger partial charge in [0.1, 0.15) is 11.6 Å². The van der Waals surface area contributed by atoms with Crippen LogP contribution in [0, 0.1) is 5.92 Å². The first-order valence-corrected chi connectivity index (χ1v) is 8.39. The number of benzene rings is 1. The van der Waals surface area contributed by atoms with Crippen LogP contribution in [-0.4, -0.2) is 27.4 Å². The molecular formula is C18H20ClN3O2. The van der Waals surface area contributed by atoms with Crippen molar-refractivity contribution in [3.63, 3.8) is 0 Å². The molecule has 0 radical (unpaired) electrons. The van der Waals surface area contributed by atoms with Crippen LogP contribution < -0.4 is 4.74 Å². The predicted molar refractivity (Wildman–Crippen MR) is 91.8 cm³/mol. The van der Waals surface area contributed by atoms with E-state index >= 15 is 0 Å². The summed E-state index contributed by atoms with van der Waals surface area (Å²) in [4.78, 5) is 23.1. The average Bonchev–Trinajstić information content (AvgIpc) is 2.96. The van der Waals surface area contributed by atoms with Gasteiger partial charge in [0.25, 0.3) is 5.91 Å². The summed E-state index contributed by atoms with van der Waals surface area (Å²) >= 11 is 6.03. The van der Waals surface area contributed by atoms with Crippen LogP contribution in [0.15, 0.2) is 30.5 Å². The average molecular weight is 346 g/mol. The number of para-hydroxylation sites is 1. The van der Waals surface area contributed by atoms with E-state index in [0.717, 1.165) is 23.5 Å². The highest BCUT2D eigenvalue weighted by atomic mass is 35.5. The van der Waals surface area contributed by atoms with Crippen molar-refractivity contribution in [1.29, 1.82) is 0 Å². The van der Waals surface area contributed by atoms with E-state index < -0.39 is 0 Å². The maximum absolute atomic E-state index is 12.4. The van der Waals surface area contributed by atoms with Crippen LogP contribution in [-0.2, 0) is 24.3 Å². The Balaban J connectivity index is 1.60. The smallest absolute Gasteiger partial charge is 0.261 e. The Morgan fingerprint density at radius 2 is 2.12 bits per heavy atom. The van der Waals surface area contributed by atoms with Gasteiger partial charge < -0.3 is 9.64 Å². The van der Waals surface area contributed by atoms with Crippen LogP contribution in [0.2, 0.25) is 5.02 Å². The molecule has 1 aliphatic heterocycles. The molecule has 0 saturated heterocycles. The first-order valence-electron chi connectivity index (χ1n) is 8.01. The zero-order chi connectivity index (χ0) is 17.1. The summed E-state index contributed by atoms with van der Waals surface area (Å²) in [6, 6.07) is 7.13. The molecule has 2 heterocycles. The summed E-state index contributed by atoms with van der Waals surface area (Å²) in [6.45, 7) is 5.27. The minimum Gasteiger partial charge on any atom is -0.482 e. The van der Waals surface area contributed by atoms with Gasteiger partial charge >= 0.3 is 0 Å². The van der Waals surface area contributed by atoms with Gasteiger partial charge in [0.15, 0.2) is 6.61 Å². The molecule has 5 nitrogen and oxygen atoms in total. The number of hydrogen-bond acceptors (Lipinski definition) is 4. The third kappa shape index (κ3) is 3.85. The molecule has 0 spiro atoms. The van der Waals surface area contributed by atoms with Gasteiger partial charge in [-0.2, -0.15) is 0 Å². The van der Waals surface area contributed by atoms with Crippen LogP contribution in [0.1, 0.15) is 30.9 Å². The van der Waals surface area contributed by atoms with E-state index in [9.17, 15) is 4.79 Å². The highest BCUT2D eigenvalue weighted by Gasteiger charge is 2.25. The van der Waals surface area contributed by atoms with E-state index in [1.807, 2.05) is 18.3 Å². The van der Waals surface area contributed by atoms with E-state index in [1.54, 1.807) is 17.0 Å². The van der Waals surface area contributed by atoms with Gasteiger partial charge in [-0.05, 0) is 18.1 Å². The van der Waals surface area contributed by atoms with Gasteiger partial charge in [0, 0.05) is 24.7 Å². The Labute approximate surface area is 146 Å². The van der Waals surface area contributed by atoms with Gasteiger partial charge in [0.2, 0.25) is 0 Å². The summed E-state index contributed by atoms with van der Waals surface area (Å²) < 4.78 is 5.53. The summed E-state index contributed by atoms with van der Waals surface area (Å²) in [7, 11) is 0. The number of halogens is 1. The molecular weight excluding hydrogens is 326 g/mol. The molecule has 0 N–H and O–H groups in total. The van der Waals surface area contributed by atoms with Crippen molar-refractivity contribution in [3.8, 4) is 5.75 Å². The third-order valence-corrected chi connectivity index (χ3v) is 4.15. The number of carbonyl (C=O) groups is 1. The van der Waals surface area contributed by atoms with Crippen LogP contribution in [0.3, 0.4) is 0 Å². The van der Waals surface area contributed by atoms with Crippen LogP contribution in [0.4, 0.5) is 0 Å². The zero-order valence-corrected chi connectivity index (χ0v) is 14.6. The molecule has 3 rings (SSSR count). The van der Waals surface area contributed by atoms with Gasteiger partial charge in [0.05, 0.1) is 17.3 Å². The first-order chi connectivity index (χ1) is 11.5. The summed E-state index contributed by atoms with van der Waals surface area (Å²) in [5.41, 5.74) is 1.94. The largest absolute Gasteiger partial charge is 0.482 e. The fourth-order valence-electron chi connectivity index (χ4n) is 2.63. The highest BCUT2D eigenvalue weighted by Crippen LogP contribution is 2.24. The second-order valence-corrected chi connectivity index (χ2v) is 6.73. The van der Waals surface area contributed by atoms with E-state index in [2.05, 4.69) is 23.8 Å². The van der Waals surface area contributed by atoms with Crippen molar-refractivity contribution in [2.75, 3.05) is 6.61 Å². The second kappa shape index (κ2) is 7.18. The number of carbonyl (C=O) groups excluding carboxylic acids is 1. The normalized spacial score (nSPS) is 13.2. The Bertz CT molecular complexity index is 749. The number of aromatic nitrogens is 2. The molecule has 1 aliphatic rings. The number of hydrogen-bond donors (Lipinski definition) is 0. The molecule has 1 amide bonds. The Morgan fingerprint density at radius 3 is 2.88 bits per heavy atom. The third-order valence-electron chi connectivity index (χ3n) is 3.84. The number of rotatable bonds is 5. The minimum absolute atomic E-state index is 0.0377. The Kier molecular flexibility index (Phi) is 5.00. The van der Waals surface area contributed by atoms with Crippen molar-refractivity contribution in [2.24, 2.45) is 5.92 Å². The zero-order valence-electron chi connectivity index (χ0n) is 13.8. The number of amides is 1. The molecule has 0 aliphatic carbocycles. The highest BCUT2D eigenvalue weighted by molar-refractivity contribution is 6.32. The van der Waals surface area contributed by atoms with Crippen LogP contribution >= 0.6 is 11.6 Å². The fraction of sp³-hybridized carbons (Fsp3) is 0.389. The lowest BCUT2D eigenvalue weighted by Crippen LogP contribution is -2.30. The van der Waals surface area contributed by atoms with Crippen molar-refractivity contribution in [3.05, 3.63) is 52.6 Å². The Hall–Kier alpha value is -2.14. The van der Waals surface area contributed by atoms with Gasteiger partial charge in [-0.15, -0.1) is 0 Å². The fourth-order valence-corrected chi connectivity index (χ4v) is 2.82. The maximum atomic E-state index is 12.4. The second-order valence-electron chi connectivity index (χ2n) is 6.33. The topological polar surface area (TPSA) is 55.3 Å². The van der Waals surface area contributed by atoms with Gasteiger partial charge in [-0.25, -0.2) is 9.97 Å². The van der Waals surface area contributed by atoms with E-state index in [4.69, 9.17) is 16.3 Å². The molecule has 0 unspecified atom stereocenters. The van der Waals surface area contributed by atoms with Crippen molar-refractivity contribution >= 4 is 17.5 Å². The van der Waals surface area contributed by atoms with Gasteiger partial charge in [-0.3, -0.25) is 4.79 Å². The molecule has 24 heavy (non-hydrogen) atoms. The number of ether oxygens (including phenoxy) is 1. The summed E-state index contributed by atoms with van der Waals surface area (Å²) in [6.07, 6.45) is 2.68. The van der Waals surface area contributed by atoms with E-state index in [-0.39, 0.29) is 12.5 Å². The maximum Gasteiger partial charge on any atom is 0.261 e. The lowest BCUT2D eigenvalue weighted by Gasteiger charge is -2.15. The lowest BCUT2D eigenvalue weighted by molar-refractivity contribution is -0.134. The molecule has 6 heteroatoms. The van der Waals surface area contributed by atoms with E-state index in [0.29, 0.717) is 29.8 Å². The SMILES string of the molecule is CC(C)Cc1ncc2c(n1)CN(C(=O)COc1ccccc1Cl)C2. The molecule has 126 valence electrons. The monoisotopic (exact) mass is 345 g/mol. The molecule has 0 bridgehead atoms. The van der Waals surface area contributed by atoms with E-state index in [1.165, 1.54) is 0 Å². The van der Waals surface area contributed by atoms with Crippen LogP contribution in [0.5, 0.6) is 5.75 Å². The number of nitrogens with zero attached hydrogens (tertiary/aromatic N) is 3. The van der Waals surface area contributed by atoms with Crippen molar-refractivity contribution in [2.45, 2.75) is 33.4 Å². The molecule has 0 atom stereocenters. The molecule has 2 aromatic rings. The Morgan fingerprint density at radius 1 is 1.33 bits per heavy atom. The molecule has 1 aromatic carbocycles. The number of fused-ring (bicyclic) bond motifs is 1. The first kappa shape index (κ1) is 16.7. The minimum atomic E-state index is -0.0849. The lowest BCUT2D eigenvalue weighted by atomic mass is 10.1. The molecule has 0 fully saturated rings. The van der Waals surface area contributed by atoms with Crippen molar-refractivity contribution < 1.29 is 9.53 Å². The summed E-state index contributed by atoms with van der Waals surface area (Å²) in [5, 5.41) is 0.499. The molecule has 1 aromatic heterocycles. The standard InChI is InChI=1S/C18H20ClN3O2/c1-12(2)7-17-20-8-13-9-22(10-15(13)21-17)18(23)11-24-16-6-4-3-5-14(16)19/h3-6,8,12H,7,9-11H2,1-2H3. The predicted octanol–water partition coefficient (Wildman–Crippen LogP) is 3.25. The van der Waals surface area contributed by atoms with Crippen molar-refractivity contribution in [1.82, 2.24) is 14.9 Å². The molecule has 0 saturated carbocycles.